The minimum atomic E-state index is -2.84. The Labute approximate surface area is 140 Å². The van der Waals surface area contributed by atoms with E-state index in [0.717, 1.165) is 0 Å². The van der Waals surface area contributed by atoms with Gasteiger partial charge in [-0.3, -0.25) is 4.79 Å². The number of ether oxygens (including phenoxy) is 2. The monoisotopic (exact) mass is 344 g/mol. The highest BCUT2D eigenvalue weighted by atomic mass is 19.3. The molecule has 0 saturated carbocycles. The van der Waals surface area contributed by atoms with Gasteiger partial charge in [0.15, 0.2) is 0 Å². The predicted octanol–water partition coefficient (Wildman–Crippen LogP) is 4.76. The molecule has 1 aliphatic rings. The second kappa shape index (κ2) is 6.75. The van der Waals surface area contributed by atoms with Gasteiger partial charge in [-0.2, -0.15) is 0 Å². The van der Waals surface area contributed by atoms with Gasteiger partial charge in [-0.05, 0) is 57.4 Å². The Bertz CT molecular complexity index is 598. The summed E-state index contributed by atoms with van der Waals surface area (Å²) in [6.45, 7) is 6.18. The van der Waals surface area contributed by atoms with Gasteiger partial charge in [0.25, 0.3) is 5.92 Å². The molecule has 1 aromatic rings. The van der Waals surface area contributed by atoms with Crippen LogP contribution in [0, 0.1) is 5.82 Å². The number of hydrogen-bond donors (Lipinski definition) is 0. The van der Waals surface area contributed by atoms with Gasteiger partial charge < -0.3 is 9.47 Å². The van der Waals surface area contributed by atoms with Crippen LogP contribution in [0.2, 0.25) is 0 Å². The smallest absolute Gasteiger partial charge is 0.313 e. The van der Waals surface area contributed by atoms with Gasteiger partial charge in [-0.25, -0.2) is 13.2 Å². The molecule has 1 heterocycles. The largest absolute Gasteiger partial charge is 0.460 e. The summed E-state index contributed by atoms with van der Waals surface area (Å²) in [6.07, 6.45) is -0.757. The molecule has 0 amide bonds. The number of benzene rings is 1. The van der Waals surface area contributed by atoms with Crippen LogP contribution >= 0.6 is 0 Å². The number of rotatable bonds is 3. The molecule has 6 heteroatoms. The minimum Gasteiger partial charge on any atom is -0.460 e. The third-order valence-corrected chi connectivity index (χ3v) is 3.89. The van der Waals surface area contributed by atoms with E-state index in [0.29, 0.717) is 11.1 Å². The van der Waals surface area contributed by atoms with E-state index in [1.165, 1.54) is 18.2 Å². The van der Waals surface area contributed by atoms with E-state index in [4.69, 9.17) is 9.47 Å². The summed E-state index contributed by atoms with van der Waals surface area (Å²) in [5, 5.41) is 0. The zero-order valence-electron chi connectivity index (χ0n) is 14.4. The third-order valence-electron chi connectivity index (χ3n) is 3.89. The van der Waals surface area contributed by atoms with Crippen molar-refractivity contribution >= 4 is 5.97 Å². The second-order valence-corrected chi connectivity index (χ2v) is 7.22. The molecular weight excluding hydrogens is 321 g/mol. The van der Waals surface area contributed by atoms with Crippen molar-refractivity contribution < 1.29 is 27.4 Å². The minimum absolute atomic E-state index is 0.118. The lowest BCUT2D eigenvalue weighted by atomic mass is 9.89. The number of alkyl halides is 2. The summed E-state index contributed by atoms with van der Waals surface area (Å²) in [5.41, 5.74) is 0.312. The highest BCUT2D eigenvalue weighted by molar-refractivity contribution is 5.78. The fraction of sp³-hybridized carbons (Fsp3) is 0.611. The first-order valence-corrected chi connectivity index (χ1v) is 8.00. The van der Waals surface area contributed by atoms with Gasteiger partial charge in [-0.1, -0.05) is 6.07 Å². The number of halogens is 3. The third kappa shape index (κ3) is 4.72. The molecule has 134 valence electrons. The Morgan fingerprint density at radius 2 is 2.04 bits per heavy atom. The van der Waals surface area contributed by atoms with Crippen molar-refractivity contribution in [3.8, 4) is 0 Å². The van der Waals surface area contributed by atoms with Crippen molar-refractivity contribution in [3.05, 3.63) is 35.1 Å². The first-order chi connectivity index (χ1) is 11.0. The molecule has 24 heavy (non-hydrogen) atoms. The van der Waals surface area contributed by atoms with Crippen molar-refractivity contribution in [2.45, 2.75) is 64.1 Å². The van der Waals surface area contributed by atoms with Crippen LogP contribution in [0.3, 0.4) is 0 Å². The number of carbonyl (C=O) groups is 1. The van der Waals surface area contributed by atoms with E-state index < -0.39 is 41.9 Å². The summed E-state index contributed by atoms with van der Waals surface area (Å²) in [7, 11) is 0. The van der Waals surface area contributed by atoms with E-state index in [1.807, 2.05) is 0 Å². The summed E-state index contributed by atoms with van der Waals surface area (Å²) >= 11 is 0. The van der Waals surface area contributed by atoms with E-state index in [2.05, 4.69) is 0 Å². The van der Waals surface area contributed by atoms with E-state index in [9.17, 15) is 18.0 Å². The van der Waals surface area contributed by atoms with Crippen LogP contribution in [0.15, 0.2) is 18.2 Å². The number of hydrogen-bond acceptors (Lipinski definition) is 3. The topological polar surface area (TPSA) is 35.5 Å². The SMILES string of the molecule is CC(C(=O)OC(C)(C)C)c1cc(F)ccc1C1CCC(F)(F)CO1. The Hall–Kier alpha value is -1.56. The lowest BCUT2D eigenvalue weighted by Gasteiger charge is -2.31. The van der Waals surface area contributed by atoms with Crippen LogP contribution in [-0.2, 0) is 14.3 Å². The first kappa shape index (κ1) is 18.8. The van der Waals surface area contributed by atoms with Gasteiger partial charge in [0.1, 0.15) is 18.0 Å². The molecular formula is C18H23F3O3. The molecule has 1 saturated heterocycles. The fourth-order valence-electron chi connectivity index (χ4n) is 2.70. The molecule has 0 radical (unpaired) electrons. The van der Waals surface area contributed by atoms with Crippen LogP contribution in [-0.4, -0.2) is 24.1 Å². The maximum absolute atomic E-state index is 13.7. The molecule has 1 fully saturated rings. The van der Waals surface area contributed by atoms with Crippen LogP contribution in [0.1, 0.15) is 63.7 Å². The Morgan fingerprint density at radius 1 is 1.38 bits per heavy atom. The summed E-state index contributed by atoms with van der Waals surface area (Å²) < 4.78 is 50.8. The lowest BCUT2D eigenvalue weighted by molar-refractivity contribution is -0.156. The van der Waals surface area contributed by atoms with Crippen LogP contribution < -0.4 is 0 Å². The molecule has 0 spiro atoms. The van der Waals surface area contributed by atoms with Crippen molar-refractivity contribution in [3.63, 3.8) is 0 Å². The summed E-state index contributed by atoms with van der Waals surface area (Å²) in [5.74, 6) is -4.55. The highest BCUT2D eigenvalue weighted by Crippen LogP contribution is 2.39. The fourth-order valence-corrected chi connectivity index (χ4v) is 2.70. The van der Waals surface area contributed by atoms with Crippen LogP contribution in [0.4, 0.5) is 13.2 Å². The van der Waals surface area contributed by atoms with Gasteiger partial charge in [0.2, 0.25) is 0 Å². The maximum atomic E-state index is 13.7. The van der Waals surface area contributed by atoms with Gasteiger partial charge in [0, 0.05) is 6.42 Å². The van der Waals surface area contributed by atoms with Crippen molar-refractivity contribution in [2.24, 2.45) is 0 Å². The Morgan fingerprint density at radius 3 is 2.58 bits per heavy atom. The molecule has 0 aliphatic carbocycles. The Balaban J connectivity index is 2.26. The van der Waals surface area contributed by atoms with Gasteiger partial charge in [-0.15, -0.1) is 0 Å². The zero-order valence-corrected chi connectivity index (χ0v) is 14.4. The highest BCUT2D eigenvalue weighted by Gasteiger charge is 2.38. The quantitative estimate of drug-likeness (QED) is 0.742. The van der Waals surface area contributed by atoms with E-state index in [1.54, 1.807) is 27.7 Å². The van der Waals surface area contributed by atoms with Crippen LogP contribution in [0.25, 0.3) is 0 Å². The summed E-state index contributed by atoms with van der Waals surface area (Å²) in [4.78, 5) is 12.3. The van der Waals surface area contributed by atoms with Crippen molar-refractivity contribution in [2.75, 3.05) is 6.61 Å². The first-order valence-electron chi connectivity index (χ1n) is 8.00. The zero-order chi connectivity index (χ0) is 18.1. The summed E-state index contributed by atoms with van der Waals surface area (Å²) in [6, 6.07) is 4.00. The van der Waals surface area contributed by atoms with Crippen LogP contribution in [0.5, 0.6) is 0 Å². The average Bonchev–Trinajstić information content (AvgIpc) is 2.45. The number of esters is 1. The molecule has 2 atom stereocenters. The predicted molar refractivity (Wildman–Crippen MR) is 83.5 cm³/mol. The maximum Gasteiger partial charge on any atom is 0.313 e. The lowest BCUT2D eigenvalue weighted by Crippen LogP contribution is -2.32. The molecule has 0 bridgehead atoms. The average molecular weight is 344 g/mol. The molecule has 1 aliphatic heterocycles. The van der Waals surface area contributed by atoms with Gasteiger partial charge in [0.05, 0.1) is 12.0 Å². The molecule has 1 aromatic carbocycles. The van der Waals surface area contributed by atoms with E-state index >= 15 is 0 Å². The molecule has 2 rings (SSSR count). The second-order valence-electron chi connectivity index (χ2n) is 7.22. The molecule has 2 unspecified atom stereocenters. The molecule has 3 nitrogen and oxygen atoms in total. The van der Waals surface area contributed by atoms with Crippen molar-refractivity contribution in [1.29, 1.82) is 0 Å². The standard InChI is InChI=1S/C18H23F3O3/c1-11(16(22)24-17(2,3)4)14-9-12(19)5-6-13(14)15-7-8-18(20,21)10-23-15/h5-6,9,11,15H,7-8,10H2,1-4H3. The molecule has 0 aromatic heterocycles. The van der Waals surface area contributed by atoms with E-state index in [-0.39, 0.29) is 12.8 Å². The molecule has 0 N–H and O–H groups in total. The Kier molecular flexibility index (Phi) is 5.28. The van der Waals surface area contributed by atoms with Crippen molar-refractivity contribution in [1.82, 2.24) is 0 Å². The normalized spacial score (nSPS) is 22.0. The number of carbonyl (C=O) groups excluding carboxylic acids is 1. The van der Waals surface area contributed by atoms with Gasteiger partial charge >= 0.3 is 5.97 Å².